The first-order valence-corrected chi connectivity index (χ1v) is 7.52. The lowest BCUT2D eigenvalue weighted by Crippen LogP contribution is -2.31. The molecule has 0 aliphatic heterocycles. The van der Waals surface area contributed by atoms with Crippen LogP contribution in [0.15, 0.2) is 6.20 Å². The lowest BCUT2D eigenvalue weighted by atomic mass is 9.88. The van der Waals surface area contributed by atoms with Gasteiger partial charge in [-0.3, -0.25) is 4.68 Å². The van der Waals surface area contributed by atoms with Gasteiger partial charge >= 0.3 is 0 Å². The van der Waals surface area contributed by atoms with Gasteiger partial charge in [0.1, 0.15) is 0 Å². The maximum atomic E-state index is 5.54. The van der Waals surface area contributed by atoms with E-state index in [2.05, 4.69) is 22.3 Å². The van der Waals surface area contributed by atoms with Crippen molar-refractivity contribution >= 4 is 0 Å². The topological polar surface area (TPSA) is 60.0 Å². The van der Waals surface area contributed by atoms with Crippen molar-refractivity contribution in [1.29, 1.82) is 0 Å². The van der Waals surface area contributed by atoms with Crippen LogP contribution in [0.5, 0.6) is 0 Å². The largest absolute Gasteiger partial charge is 0.325 e. The van der Waals surface area contributed by atoms with E-state index in [0.717, 1.165) is 36.5 Å². The van der Waals surface area contributed by atoms with E-state index in [0.29, 0.717) is 6.54 Å². The number of hydrogen-bond acceptors (Lipinski definition) is 4. The van der Waals surface area contributed by atoms with Gasteiger partial charge in [-0.1, -0.05) is 11.6 Å². The van der Waals surface area contributed by atoms with Crippen LogP contribution >= 0.6 is 0 Å². The van der Waals surface area contributed by atoms with E-state index in [1.165, 1.54) is 32.2 Å². The van der Waals surface area contributed by atoms with Crippen LogP contribution < -0.4 is 5.73 Å². The molecule has 3 unspecified atom stereocenters. The Morgan fingerprint density at radius 3 is 2.95 bits per heavy atom. The highest BCUT2D eigenvalue weighted by atomic mass is 15.4. The second-order valence-corrected chi connectivity index (χ2v) is 6.37. The highest BCUT2D eigenvalue weighted by Gasteiger charge is 2.39. The fraction of sp³-hybridized carbons (Fsp3) is 0.857. The van der Waals surface area contributed by atoms with Crippen LogP contribution in [-0.2, 0) is 13.1 Å². The second kappa shape index (κ2) is 5.59. The van der Waals surface area contributed by atoms with Crippen LogP contribution in [0.2, 0.25) is 0 Å². The molecule has 1 aromatic heterocycles. The Balaban J connectivity index is 1.42. The van der Waals surface area contributed by atoms with Crippen molar-refractivity contribution in [2.45, 2.75) is 38.8 Å². The van der Waals surface area contributed by atoms with Crippen LogP contribution in [0, 0.1) is 17.8 Å². The minimum Gasteiger partial charge on any atom is -0.325 e. The molecule has 1 aromatic rings. The summed E-state index contributed by atoms with van der Waals surface area (Å²) in [5.74, 6) is 3.01. The molecular formula is C14H25N5. The predicted molar refractivity (Wildman–Crippen MR) is 74.3 cm³/mol. The number of likely N-dealkylation sites (N-methyl/N-ethyl adjacent to an activating group) is 1. The molecular weight excluding hydrogens is 238 g/mol. The molecule has 0 radical (unpaired) electrons. The van der Waals surface area contributed by atoms with Gasteiger partial charge in [0.15, 0.2) is 0 Å². The molecule has 5 heteroatoms. The number of hydrogen-bond donors (Lipinski definition) is 1. The quantitative estimate of drug-likeness (QED) is 0.835. The monoisotopic (exact) mass is 263 g/mol. The Morgan fingerprint density at radius 2 is 2.32 bits per heavy atom. The molecule has 2 saturated carbocycles. The van der Waals surface area contributed by atoms with Gasteiger partial charge in [0.05, 0.1) is 12.2 Å². The van der Waals surface area contributed by atoms with E-state index in [1.807, 2.05) is 10.9 Å². The molecule has 2 fully saturated rings. The van der Waals surface area contributed by atoms with Crippen molar-refractivity contribution in [3.63, 3.8) is 0 Å². The molecule has 0 aromatic carbocycles. The molecule has 3 atom stereocenters. The maximum absolute atomic E-state index is 5.54. The van der Waals surface area contributed by atoms with Crippen molar-refractivity contribution in [3.05, 3.63) is 11.9 Å². The molecule has 0 amide bonds. The molecule has 19 heavy (non-hydrogen) atoms. The van der Waals surface area contributed by atoms with E-state index in [1.54, 1.807) is 0 Å². The minimum atomic E-state index is 0.473. The maximum Gasteiger partial charge on any atom is 0.0962 e. The van der Waals surface area contributed by atoms with Gasteiger partial charge in [-0.2, -0.15) is 0 Å². The van der Waals surface area contributed by atoms with Crippen LogP contribution in [0.4, 0.5) is 0 Å². The zero-order chi connectivity index (χ0) is 13.2. The summed E-state index contributed by atoms with van der Waals surface area (Å²) in [6, 6.07) is 0. The summed E-state index contributed by atoms with van der Waals surface area (Å²) < 4.78 is 1.90. The third-order valence-corrected chi connectivity index (χ3v) is 4.94. The van der Waals surface area contributed by atoms with Crippen molar-refractivity contribution in [1.82, 2.24) is 19.9 Å². The summed E-state index contributed by atoms with van der Waals surface area (Å²) in [6.45, 7) is 3.67. The molecule has 2 aliphatic carbocycles. The molecule has 3 rings (SSSR count). The normalized spacial score (nSPS) is 29.5. The number of nitrogens with two attached hydrogens (primary N) is 1. The Hall–Kier alpha value is -0.940. The molecule has 2 N–H and O–H groups in total. The minimum absolute atomic E-state index is 0.473. The standard InChI is InChI=1S/C14H25N5/c1-18(4-5-19-10-14(8-15)16-17-19)9-13-7-11-2-3-12(13)6-11/h10-13H,2-9,15H2,1H3. The highest BCUT2D eigenvalue weighted by Crippen LogP contribution is 2.48. The van der Waals surface area contributed by atoms with Gasteiger partial charge in [-0.15, -0.1) is 5.10 Å². The zero-order valence-electron chi connectivity index (χ0n) is 11.8. The average molecular weight is 263 g/mol. The Kier molecular flexibility index (Phi) is 3.84. The lowest BCUT2D eigenvalue weighted by molar-refractivity contribution is 0.212. The fourth-order valence-corrected chi connectivity index (χ4v) is 3.91. The molecule has 2 aliphatic rings. The number of nitrogens with zero attached hydrogens (tertiary/aromatic N) is 4. The van der Waals surface area contributed by atoms with Crippen LogP contribution in [0.25, 0.3) is 0 Å². The van der Waals surface area contributed by atoms with Gasteiger partial charge < -0.3 is 10.6 Å². The van der Waals surface area contributed by atoms with E-state index in [-0.39, 0.29) is 0 Å². The van der Waals surface area contributed by atoms with Crippen LogP contribution in [0.1, 0.15) is 31.4 Å². The molecule has 0 saturated heterocycles. The predicted octanol–water partition coefficient (Wildman–Crippen LogP) is 1.10. The Morgan fingerprint density at radius 1 is 1.42 bits per heavy atom. The third kappa shape index (κ3) is 2.98. The lowest BCUT2D eigenvalue weighted by Gasteiger charge is -2.27. The van der Waals surface area contributed by atoms with E-state index >= 15 is 0 Å². The summed E-state index contributed by atoms with van der Waals surface area (Å²) in [5, 5.41) is 8.11. The summed E-state index contributed by atoms with van der Waals surface area (Å²) in [5.41, 5.74) is 6.41. The molecule has 1 heterocycles. The SMILES string of the molecule is CN(CCn1cc(CN)nn1)CC1CC2CCC1C2. The highest BCUT2D eigenvalue weighted by molar-refractivity contribution is 4.91. The number of fused-ring (bicyclic) bond motifs is 2. The third-order valence-electron chi connectivity index (χ3n) is 4.94. The molecule has 106 valence electrons. The van der Waals surface area contributed by atoms with Crippen molar-refractivity contribution in [3.8, 4) is 0 Å². The van der Waals surface area contributed by atoms with Crippen LogP contribution in [0.3, 0.4) is 0 Å². The van der Waals surface area contributed by atoms with Crippen molar-refractivity contribution < 1.29 is 0 Å². The molecule has 2 bridgehead atoms. The Labute approximate surface area is 115 Å². The summed E-state index contributed by atoms with van der Waals surface area (Å²) in [6.07, 6.45) is 7.89. The summed E-state index contributed by atoms with van der Waals surface area (Å²) >= 11 is 0. The van der Waals surface area contributed by atoms with Crippen molar-refractivity contribution in [2.75, 3.05) is 20.1 Å². The van der Waals surface area contributed by atoms with E-state index in [9.17, 15) is 0 Å². The zero-order valence-corrected chi connectivity index (χ0v) is 11.8. The first kappa shape index (κ1) is 13.1. The summed E-state index contributed by atoms with van der Waals surface area (Å²) in [7, 11) is 2.23. The molecule has 5 nitrogen and oxygen atoms in total. The van der Waals surface area contributed by atoms with Gasteiger partial charge in [0.25, 0.3) is 0 Å². The van der Waals surface area contributed by atoms with Gasteiger partial charge in [-0.05, 0) is 44.1 Å². The van der Waals surface area contributed by atoms with Gasteiger partial charge in [0, 0.05) is 25.8 Å². The summed E-state index contributed by atoms with van der Waals surface area (Å²) in [4.78, 5) is 2.45. The molecule has 0 spiro atoms. The van der Waals surface area contributed by atoms with E-state index in [4.69, 9.17) is 5.73 Å². The first-order valence-electron chi connectivity index (χ1n) is 7.52. The fourth-order valence-electron chi connectivity index (χ4n) is 3.91. The Bertz CT molecular complexity index is 416. The van der Waals surface area contributed by atoms with Gasteiger partial charge in [-0.25, -0.2) is 0 Å². The van der Waals surface area contributed by atoms with Crippen molar-refractivity contribution in [2.24, 2.45) is 23.5 Å². The van der Waals surface area contributed by atoms with Gasteiger partial charge in [0.2, 0.25) is 0 Å². The van der Waals surface area contributed by atoms with E-state index < -0.39 is 0 Å². The smallest absolute Gasteiger partial charge is 0.0962 e. The number of aromatic nitrogens is 3. The average Bonchev–Trinajstić information content (AvgIpc) is 3.12. The number of rotatable bonds is 6. The van der Waals surface area contributed by atoms with Crippen LogP contribution in [-0.4, -0.2) is 40.0 Å². The first-order chi connectivity index (χ1) is 9.24. The second-order valence-electron chi connectivity index (χ2n) is 6.37.